The maximum absolute atomic E-state index is 12.2. The van der Waals surface area contributed by atoms with Gasteiger partial charge in [0.25, 0.3) is 5.91 Å². The van der Waals surface area contributed by atoms with Crippen LogP contribution in [0.15, 0.2) is 48.5 Å². The molecule has 0 radical (unpaired) electrons. The average Bonchev–Trinajstić information content (AvgIpc) is 3.00. The highest BCUT2D eigenvalue weighted by Gasteiger charge is 2.14. The van der Waals surface area contributed by atoms with Crippen LogP contribution in [0.2, 0.25) is 0 Å². The van der Waals surface area contributed by atoms with Gasteiger partial charge in [0.1, 0.15) is 0 Å². The molecule has 1 atom stereocenters. The molecular weight excluding hydrogens is 296 g/mol. The first kappa shape index (κ1) is 16.5. The SMILES string of the molecule is CC(CNC(=O)c1ccc2c(c1)CNC2)c1ccccc1.Cl. The molecule has 1 amide bonds. The summed E-state index contributed by atoms with van der Waals surface area (Å²) >= 11 is 0. The van der Waals surface area contributed by atoms with Gasteiger partial charge in [-0.1, -0.05) is 43.3 Å². The second-order valence-electron chi connectivity index (χ2n) is 5.61. The smallest absolute Gasteiger partial charge is 0.251 e. The molecule has 0 fully saturated rings. The van der Waals surface area contributed by atoms with E-state index in [0.717, 1.165) is 18.7 Å². The van der Waals surface area contributed by atoms with Gasteiger partial charge in [0.15, 0.2) is 0 Å². The quantitative estimate of drug-likeness (QED) is 0.909. The van der Waals surface area contributed by atoms with Crippen LogP contribution in [-0.4, -0.2) is 12.5 Å². The van der Waals surface area contributed by atoms with Crippen LogP contribution < -0.4 is 10.6 Å². The zero-order valence-corrected chi connectivity index (χ0v) is 13.5. The van der Waals surface area contributed by atoms with Crippen molar-refractivity contribution in [2.24, 2.45) is 0 Å². The predicted octanol–water partition coefficient (Wildman–Crippen LogP) is 3.25. The van der Waals surface area contributed by atoms with Gasteiger partial charge in [-0.05, 0) is 34.7 Å². The number of benzene rings is 2. The summed E-state index contributed by atoms with van der Waals surface area (Å²) in [5.74, 6) is 0.318. The second-order valence-corrected chi connectivity index (χ2v) is 5.61. The van der Waals surface area contributed by atoms with E-state index in [2.05, 4.69) is 29.7 Å². The van der Waals surface area contributed by atoms with Crippen LogP contribution >= 0.6 is 12.4 Å². The molecule has 1 aliphatic rings. The molecule has 0 saturated heterocycles. The van der Waals surface area contributed by atoms with Gasteiger partial charge < -0.3 is 10.6 Å². The molecule has 4 heteroatoms. The largest absolute Gasteiger partial charge is 0.351 e. The first-order valence-corrected chi connectivity index (χ1v) is 7.39. The van der Waals surface area contributed by atoms with Crippen LogP contribution in [0.1, 0.15) is 39.9 Å². The Morgan fingerprint density at radius 2 is 1.86 bits per heavy atom. The highest BCUT2D eigenvalue weighted by Crippen LogP contribution is 2.17. The summed E-state index contributed by atoms with van der Waals surface area (Å²) in [6.07, 6.45) is 0. The molecule has 0 spiro atoms. The predicted molar refractivity (Wildman–Crippen MR) is 91.4 cm³/mol. The molecule has 22 heavy (non-hydrogen) atoms. The molecule has 2 N–H and O–H groups in total. The van der Waals surface area contributed by atoms with Gasteiger partial charge in [0.05, 0.1) is 0 Å². The molecule has 1 aliphatic heterocycles. The normalized spacial score (nSPS) is 13.9. The maximum atomic E-state index is 12.2. The second kappa shape index (κ2) is 7.43. The van der Waals surface area contributed by atoms with Crippen molar-refractivity contribution in [2.75, 3.05) is 6.54 Å². The van der Waals surface area contributed by atoms with E-state index < -0.39 is 0 Å². The molecule has 0 bridgehead atoms. The van der Waals surface area contributed by atoms with Gasteiger partial charge in [-0.2, -0.15) is 0 Å². The molecule has 116 valence electrons. The molecule has 3 nitrogen and oxygen atoms in total. The minimum Gasteiger partial charge on any atom is -0.351 e. The van der Waals surface area contributed by atoms with Gasteiger partial charge in [-0.15, -0.1) is 12.4 Å². The van der Waals surface area contributed by atoms with Gasteiger partial charge in [0, 0.05) is 25.2 Å². The number of hydrogen-bond donors (Lipinski definition) is 2. The van der Waals surface area contributed by atoms with Gasteiger partial charge in [0.2, 0.25) is 0 Å². The number of amides is 1. The lowest BCUT2D eigenvalue weighted by Gasteiger charge is -2.13. The molecule has 0 aliphatic carbocycles. The molecule has 1 heterocycles. The van der Waals surface area contributed by atoms with Crippen LogP contribution in [-0.2, 0) is 13.1 Å². The zero-order valence-electron chi connectivity index (χ0n) is 12.6. The third-order valence-electron chi connectivity index (χ3n) is 4.04. The third-order valence-corrected chi connectivity index (χ3v) is 4.04. The van der Waals surface area contributed by atoms with E-state index in [0.29, 0.717) is 12.5 Å². The minimum atomic E-state index is 0. The molecule has 3 rings (SSSR count). The van der Waals surface area contributed by atoms with E-state index in [1.807, 2.05) is 36.4 Å². The Bertz CT molecular complexity index is 643. The third kappa shape index (κ3) is 3.67. The standard InChI is InChI=1S/C18H20N2O.ClH/c1-13(14-5-3-2-4-6-14)10-20-18(21)15-7-8-16-11-19-12-17(16)9-15;/h2-9,13,19H,10-12H2,1H3,(H,20,21);1H. The Labute approximate surface area is 137 Å². The van der Waals surface area contributed by atoms with Crippen molar-refractivity contribution in [2.45, 2.75) is 25.9 Å². The van der Waals surface area contributed by atoms with E-state index in [-0.39, 0.29) is 18.3 Å². The van der Waals surface area contributed by atoms with Gasteiger partial charge in [-0.25, -0.2) is 0 Å². The molecular formula is C18H21ClN2O. The summed E-state index contributed by atoms with van der Waals surface area (Å²) in [5.41, 5.74) is 4.52. The lowest BCUT2D eigenvalue weighted by atomic mass is 10.0. The number of rotatable bonds is 4. The van der Waals surface area contributed by atoms with Gasteiger partial charge in [-0.3, -0.25) is 4.79 Å². The van der Waals surface area contributed by atoms with Crippen molar-refractivity contribution >= 4 is 18.3 Å². The van der Waals surface area contributed by atoms with Crippen LogP contribution in [0.25, 0.3) is 0 Å². The molecule has 2 aromatic carbocycles. The topological polar surface area (TPSA) is 41.1 Å². The van der Waals surface area contributed by atoms with Crippen LogP contribution in [0.3, 0.4) is 0 Å². The van der Waals surface area contributed by atoms with Crippen LogP contribution in [0.5, 0.6) is 0 Å². The molecule has 0 aromatic heterocycles. The van der Waals surface area contributed by atoms with Crippen molar-refractivity contribution in [3.05, 3.63) is 70.8 Å². The Hall–Kier alpha value is -1.84. The van der Waals surface area contributed by atoms with E-state index in [1.54, 1.807) is 0 Å². The van der Waals surface area contributed by atoms with Crippen molar-refractivity contribution < 1.29 is 4.79 Å². The summed E-state index contributed by atoms with van der Waals surface area (Å²) in [7, 11) is 0. The average molecular weight is 317 g/mol. The molecule has 1 unspecified atom stereocenters. The lowest BCUT2D eigenvalue weighted by molar-refractivity contribution is 0.0951. The Kier molecular flexibility index (Phi) is 5.58. The minimum absolute atomic E-state index is 0. The number of carbonyl (C=O) groups is 1. The zero-order chi connectivity index (χ0) is 14.7. The van der Waals surface area contributed by atoms with Crippen molar-refractivity contribution in [1.82, 2.24) is 10.6 Å². The van der Waals surface area contributed by atoms with E-state index in [1.165, 1.54) is 16.7 Å². The van der Waals surface area contributed by atoms with E-state index in [9.17, 15) is 4.79 Å². The fraction of sp³-hybridized carbons (Fsp3) is 0.278. The number of nitrogens with one attached hydrogen (secondary N) is 2. The van der Waals surface area contributed by atoms with Crippen molar-refractivity contribution in [3.8, 4) is 0 Å². The Morgan fingerprint density at radius 1 is 1.14 bits per heavy atom. The summed E-state index contributed by atoms with van der Waals surface area (Å²) in [6, 6.07) is 16.2. The van der Waals surface area contributed by atoms with E-state index in [4.69, 9.17) is 0 Å². The number of hydrogen-bond acceptors (Lipinski definition) is 2. The number of carbonyl (C=O) groups excluding carboxylic acids is 1. The first-order valence-electron chi connectivity index (χ1n) is 7.39. The summed E-state index contributed by atoms with van der Waals surface area (Å²) in [4.78, 5) is 12.2. The number of halogens is 1. The molecule has 0 saturated carbocycles. The highest BCUT2D eigenvalue weighted by molar-refractivity contribution is 5.94. The highest BCUT2D eigenvalue weighted by atomic mass is 35.5. The first-order chi connectivity index (χ1) is 10.2. The van der Waals surface area contributed by atoms with E-state index >= 15 is 0 Å². The van der Waals surface area contributed by atoms with Gasteiger partial charge >= 0.3 is 0 Å². The van der Waals surface area contributed by atoms with Crippen LogP contribution in [0, 0.1) is 0 Å². The monoisotopic (exact) mass is 316 g/mol. The summed E-state index contributed by atoms with van der Waals surface area (Å²) in [6.45, 7) is 4.54. The lowest BCUT2D eigenvalue weighted by Crippen LogP contribution is -2.27. The van der Waals surface area contributed by atoms with Crippen molar-refractivity contribution in [3.63, 3.8) is 0 Å². The van der Waals surface area contributed by atoms with Crippen molar-refractivity contribution in [1.29, 1.82) is 0 Å². The Balaban J connectivity index is 0.00000176. The summed E-state index contributed by atoms with van der Waals surface area (Å²) in [5, 5.41) is 6.32. The summed E-state index contributed by atoms with van der Waals surface area (Å²) < 4.78 is 0. The fourth-order valence-corrected chi connectivity index (χ4v) is 2.68. The fourth-order valence-electron chi connectivity index (χ4n) is 2.68. The van der Waals surface area contributed by atoms with Crippen LogP contribution in [0.4, 0.5) is 0 Å². The molecule has 2 aromatic rings. The maximum Gasteiger partial charge on any atom is 0.251 e. The Morgan fingerprint density at radius 3 is 2.64 bits per heavy atom. The number of fused-ring (bicyclic) bond motifs is 1.